The van der Waals surface area contributed by atoms with Crippen molar-refractivity contribution in [3.05, 3.63) is 59.7 Å². The molecule has 9 heteroatoms. The normalized spacial score (nSPS) is 10.9. The molecular formula is C19H23N3O5S. The van der Waals surface area contributed by atoms with Gasteiger partial charge in [0.25, 0.3) is 5.91 Å². The largest absolute Gasteiger partial charge is 0.494 e. The minimum Gasteiger partial charge on any atom is -0.494 e. The Balaban J connectivity index is 1.73. The van der Waals surface area contributed by atoms with Crippen molar-refractivity contribution in [2.75, 3.05) is 19.7 Å². The number of sulfonamides is 1. The second-order valence-corrected chi connectivity index (χ2v) is 7.49. The minimum atomic E-state index is -3.71. The van der Waals surface area contributed by atoms with Crippen LogP contribution in [0.3, 0.4) is 0 Å². The van der Waals surface area contributed by atoms with Crippen LogP contribution >= 0.6 is 0 Å². The third-order valence-corrected chi connectivity index (χ3v) is 4.75. The van der Waals surface area contributed by atoms with E-state index in [2.05, 4.69) is 10.6 Å². The fraction of sp³-hybridized carbons (Fsp3) is 0.263. The zero-order chi connectivity index (χ0) is 20.6. The maximum atomic E-state index is 12.0. The molecule has 2 aromatic carbocycles. The van der Waals surface area contributed by atoms with Gasteiger partial charge in [-0.05, 0) is 55.3 Å². The standard InChI is InChI=1S/C19H23N3O5S/c1-2-27-16-7-5-15(6-8-16)19(24)22-13-18(23)21-12-11-14-3-9-17(10-4-14)28(20,25)26/h3-10H,2,11-13H2,1H3,(H,21,23)(H,22,24)(H2,20,25,26). The molecule has 0 bridgehead atoms. The monoisotopic (exact) mass is 405 g/mol. The first-order chi connectivity index (χ1) is 13.3. The fourth-order valence-electron chi connectivity index (χ4n) is 2.39. The lowest BCUT2D eigenvalue weighted by molar-refractivity contribution is -0.120. The third kappa shape index (κ3) is 6.67. The molecule has 8 nitrogen and oxygen atoms in total. The maximum Gasteiger partial charge on any atom is 0.251 e. The first-order valence-corrected chi connectivity index (χ1v) is 10.2. The van der Waals surface area contributed by atoms with E-state index in [0.717, 1.165) is 5.56 Å². The lowest BCUT2D eigenvalue weighted by Crippen LogP contribution is -2.37. The molecule has 2 amide bonds. The van der Waals surface area contributed by atoms with E-state index in [9.17, 15) is 18.0 Å². The van der Waals surface area contributed by atoms with Crippen LogP contribution in [0.2, 0.25) is 0 Å². The van der Waals surface area contributed by atoms with Crippen molar-refractivity contribution >= 4 is 21.8 Å². The van der Waals surface area contributed by atoms with E-state index < -0.39 is 10.0 Å². The van der Waals surface area contributed by atoms with Gasteiger partial charge in [0.2, 0.25) is 15.9 Å². The molecule has 0 aliphatic carbocycles. The van der Waals surface area contributed by atoms with E-state index in [1.54, 1.807) is 36.4 Å². The number of amides is 2. The van der Waals surface area contributed by atoms with Crippen molar-refractivity contribution in [2.24, 2.45) is 5.14 Å². The van der Waals surface area contributed by atoms with E-state index in [1.165, 1.54) is 12.1 Å². The van der Waals surface area contributed by atoms with Gasteiger partial charge in [-0.25, -0.2) is 13.6 Å². The molecule has 0 aromatic heterocycles. The van der Waals surface area contributed by atoms with Crippen molar-refractivity contribution in [2.45, 2.75) is 18.2 Å². The fourth-order valence-corrected chi connectivity index (χ4v) is 2.90. The third-order valence-electron chi connectivity index (χ3n) is 3.82. The Labute approximate surface area is 164 Å². The van der Waals surface area contributed by atoms with Gasteiger partial charge >= 0.3 is 0 Å². The Bertz CT molecular complexity index is 910. The van der Waals surface area contributed by atoms with Gasteiger partial charge in [-0.1, -0.05) is 12.1 Å². The predicted molar refractivity (Wildman–Crippen MR) is 104 cm³/mol. The molecule has 0 aliphatic rings. The first kappa shape index (κ1) is 21.4. The lowest BCUT2D eigenvalue weighted by atomic mass is 10.1. The van der Waals surface area contributed by atoms with Crippen LogP contribution in [0, 0.1) is 0 Å². The van der Waals surface area contributed by atoms with E-state index >= 15 is 0 Å². The molecule has 0 unspecified atom stereocenters. The number of ether oxygens (including phenoxy) is 1. The van der Waals surface area contributed by atoms with Crippen LogP contribution in [0.15, 0.2) is 53.4 Å². The number of hydrogen-bond donors (Lipinski definition) is 3. The maximum absolute atomic E-state index is 12.0. The van der Waals surface area contributed by atoms with E-state index in [1.807, 2.05) is 6.92 Å². The average molecular weight is 405 g/mol. The topological polar surface area (TPSA) is 128 Å². The number of nitrogens with one attached hydrogen (secondary N) is 2. The van der Waals surface area contributed by atoms with Crippen LogP contribution in [0.1, 0.15) is 22.8 Å². The number of benzene rings is 2. The molecule has 0 radical (unpaired) electrons. The molecule has 0 saturated heterocycles. The molecule has 28 heavy (non-hydrogen) atoms. The molecule has 0 fully saturated rings. The van der Waals surface area contributed by atoms with Crippen LogP contribution in [0.4, 0.5) is 0 Å². The van der Waals surface area contributed by atoms with Gasteiger partial charge in [-0.15, -0.1) is 0 Å². The predicted octanol–water partition coefficient (Wildman–Crippen LogP) is 0.821. The number of carbonyl (C=O) groups excluding carboxylic acids is 2. The highest BCUT2D eigenvalue weighted by Crippen LogP contribution is 2.12. The van der Waals surface area contributed by atoms with Crippen molar-refractivity contribution in [1.82, 2.24) is 10.6 Å². The number of rotatable bonds is 9. The summed E-state index contributed by atoms with van der Waals surface area (Å²) in [5, 5.41) is 10.3. The molecule has 0 saturated carbocycles. The van der Waals surface area contributed by atoms with Gasteiger partial charge in [-0.3, -0.25) is 9.59 Å². The number of primary sulfonamides is 1. The van der Waals surface area contributed by atoms with Gasteiger partial charge in [-0.2, -0.15) is 0 Å². The highest BCUT2D eigenvalue weighted by atomic mass is 32.2. The van der Waals surface area contributed by atoms with Crippen molar-refractivity contribution < 1.29 is 22.7 Å². The summed E-state index contributed by atoms with van der Waals surface area (Å²) in [6.07, 6.45) is 0.517. The molecule has 0 atom stereocenters. The van der Waals surface area contributed by atoms with Gasteiger partial charge in [0, 0.05) is 12.1 Å². The summed E-state index contributed by atoms with van der Waals surface area (Å²) in [6, 6.07) is 12.8. The minimum absolute atomic E-state index is 0.0392. The van der Waals surface area contributed by atoms with Crippen LogP contribution in [-0.4, -0.2) is 39.9 Å². The summed E-state index contributed by atoms with van der Waals surface area (Å²) in [7, 11) is -3.71. The Morgan fingerprint density at radius 2 is 1.64 bits per heavy atom. The van der Waals surface area contributed by atoms with Gasteiger partial charge < -0.3 is 15.4 Å². The number of carbonyl (C=O) groups is 2. The highest BCUT2D eigenvalue weighted by molar-refractivity contribution is 7.89. The summed E-state index contributed by atoms with van der Waals surface area (Å²) < 4.78 is 27.7. The molecule has 0 spiro atoms. The Morgan fingerprint density at radius 3 is 2.21 bits per heavy atom. The van der Waals surface area contributed by atoms with Crippen molar-refractivity contribution in [1.29, 1.82) is 0 Å². The van der Waals surface area contributed by atoms with Crippen LogP contribution < -0.4 is 20.5 Å². The van der Waals surface area contributed by atoms with E-state index in [-0.39, 0.29) is 23.3 Å². The average Bonchev–Trinajstić information content (AvgIpc) is 2.67. The Kier molecular flexibility index (Phi) is 7.53. The number of nitrogens with two attached hydrogens (primary N) is 1. The lowest BCUT2D eigenvalue weighted by Gasteiger charge is -2.08. The van der Waals surface area contributed by atoms with E-state index in [4.69, 9.17) is 9.88 Å². The van der Waals surface area contributed by atoms with Crippen molar-refractivity contribution in [3.8, 4) is 5.75 Å². The molecule has 2 rings (SSSR count). The second kappa shape index (κ2) is 9.86. The summed E-state index contributed by atoms with van der Waals surface area (Å²) in [5.41, 5.74) is 1.29. The molecule has 4 N–H and O–H groups in total. The summed E-state index contributed by atoms with van der Waals surface area (Å²) in [6.45, 7) is 2.63. The molecule has 2 aromatic rings. The first-order valence-electron chi connectivity index (χ1n) is 8.69. The number of hydrogen-bond acceptors (Lipinski definition) is 5. The summed E-state index contributed by atoms with van der Waals surface area (Å²) in [4.78, 5) is 23.9. The van der Waals surface area contributed by atoms with Crippen LogP contribution in [0.25, 0.3) is 0 Å². The van der Waals surface area contributed by atoms with Gasteiger partial charge in [0.15, 0.2) is 0 Å². The zero-order valence-corrected chi connectivity index (χ0v) is 16.3. The second-order valence-electron chi connectivity index (χ2n) is 5.93. The molecular weight excluding hydrogens is 382 g/mol. The molecule has 0 aliphatic heterocycles. The quantitative estimate of drug-likeness (QED) is 0.569. The summed E-state index contributed by atoms with van der Waals surface area (Å²) in [5.74, 6) is 0.00566. The van der Waals surface area contributed by atoms with Gasteiger partial charge in [0.05, 0.1) is 18.0 Å². The smallest absolute Gasteiger partial charge is 0.251 e. The van der Waals surface area contributed by atoms with Crippen LogP contribution in [0.5, 0.6) is 5.75 Å². The zero-order valence-electron chi connectivity index (χ0n) is 15.5. The van der Waals surface area contributed by atoms with Crippen molar-refractivity contribution in [3.63, 3.8) is 0 Å². The highest BCUT2D eigenvalue weighted by Gasteiger charge is 2.09. The SMILES string of the molecule is CCOc1ccc(C(=O)NCC(=O)NCCc2ccc(S(N)(=O)=O)cc2)cc1. The molecule has 0 heterocycles. The Hall–Kier alpha value is -2.91. The van der Waals surface area contributed by atoms with Crippen LogP contribution in [-0.2, 0) is 21.2 Å². The van der Waals surface area contributed by atoms with Gasteiger partial charge in [0.1, 0.15) is 5.75 Å². The Morgan fingerprint density at radius 1 is 1.00 bits per heavy atom. The molecule has 150 valence electrons. The van der Waals surface area contributed by atoms with E-state index in [0.29, 0.717) is 30.9 Å². The summed E-state index contributed by atoms with van der Waals surface area (Å²) >= 11 is 0.